The van der Waals surface area contributed by atoms with Crippen molar-refractivity contribution in [3.63, 3.8) is 0 Å². The van der Waals surface area contributed by atoms with Gasteiger partial charge in [-0.15, -0.1) is 0 Å². The lowest BCUT2D eigenvalue weighted by atomic mass is 9.66. The molecule has 2 nitrogen and oxygen atoms in total. The fourth-order valence-corrected chi connectivity index (χ4v) is 7.71. The van der Waals surface area contributed by atoms with Crippen LogP contribution in [0, 0.1) is 0 Å². The Morgan fingerprint density at radius 3 is 2.00 bits per heavy atom. The first-order valence-corrected chi connectivity index (χ1v) is 15.7. The van der Waals surface area contributed by atoms with Crippen molar-refractivity contribution in [2.45, 2.75) is 5.41 Å². The summed E-state index contributed by atoms with van der Waals surface area (Å²) in [4.78, 5) is 0. The highest BCUT2D eigenvalue weighted by Gasteiger charge is 2.51. The monoisotopic (exact) mass is 638 g/mol. The zero-order valence-corrected chi connectivity index (χ0v) is 25.4. The summed E-state index contributed by atoms with van der Waals surface area (Å²) in [5.41, 5.74) is -2.37. The Kier molecular flexibility index (Phi) is 3.24. The lowest BCUT2D eigenvalue weighted by Crippen LogP contribution is -2.32. The minimum atomic E-state index is -2.55. The second-order valence-corrected chi connectivity index (χ2v) is 12.1. The van der Waals surface area contributed by atoms with E-state index in [1.807, 2.05) is 72.8 Å². The van der Waals surface area contributed by atoms with Crippen molar-refractivity contribution in [2.24, 2.45) is 0 Å². The van der Waals surface area contributed by atoms with E-state index >= 15 is 0 Å². The Hall–Kier alpha value is -6.38. The van der Waals surface area contributed by atoms with Gasteiger partial charge >= 0.3 is 0 Å². The number of ether oxygens (including phenoxy) is 1. The van der Waals surface area contributed by atoms with Gasteiger partial charge in [-0.2, -0.15) is 0 Å². The number of hydrogen-bond donors (Lipinski definition) is 0. The predicted octanol–water partition coefficient (Wildman–Crippen LogP) is 12.1. The molecule has 0 atom stereocenters. The van der Waals surface area contributed by atoms with Gasteiger partial charge in [0.2, 0.25) is 0 Å². The van der Waals surface area contributed by atoms with Crippen molar-refractivity contribution in [3.05, 3.63) is 198 Å². The lowest BCUT2D eigenvalue weighted by molar-refractivity contribution is 0.436. The molecule has 8 aromatic carbocycles. The molecule has 228 valence electrons. The van der Waals surface area contributed by atoms with Gasteiger partial charge in [0.15, 0.2) is 0 Å². The third-order valence-corrected chi connectivity index (χ3v) is 9.72. The Bertz CT molecular complexity index is 3590. The van der Waals surface area contributed by atoms with E-state index in [0.717, 1.165) is 32.7 Å². The normalized spacial score (nSPS) is 17.9. The molecule has 1 aliphatic heterocycles. The molecule has 49 heavy (non-hydrogen) atoms. The minimum absolute atomic E-state index is 0.135. The smallest absolute Gasteiger partial charge is 0.132 e. The summed E-state index contributed by atoms with van der Waals surface area (Å²) in [6.07, 6.45) is 0. The molecule has 9 aromatic rings. The lowest BCUT2D eigenvalue weighted by Gasteiger charge is -2.39. The molecule has 11 rings (SSSR count). The standard InChI is InChI=1S/C47H29NO/c1-2-13-33(14-3-1)48-43-29-32(23-25-37(43)38-26-22-30-12-4-5-15-34(30)46(38)48)31-24-27-45-42(28-31)47(41-20-10-11-21-44(41)49-45)39-18-8-6-16-35(39)36-17-7-9-19-40(36)47/h1-29H/i6D,7D,8D,9D,10D,11D,16D,17D,18D,19D,20D,21D,24D,27D,28D. The largest absolute Gasteiger partial charge is 0.457 e. The zero-order chi connectivity index (χ0) is 45.2. The summed E-state index contributed by atoms with van der Waals surface area (Å²) in [7, 11) is 0. The molecule has 0 fully saturated rings. The summed E-state index contributed by atoms with van der Waals surface area (Å²) in [6, 6.07) is 16.5. The average molecular weight is 639 g/mol. The molecule has 1 spiro atoms. The van der Waals surface area contributed by atoms with Crippen LogP contribution in [0.3, 0.4) is 0 Å². The van der Waals surface area contributed by atoms with Crippen LogP contribution in [0.25, 0.3) is 60.5 Å². The van der Waals surface area contributed by atoms with E-state index in [1.54, 1.807) is 12.1 Å². The van der Waals surface area contributed by atoms with E-state index < -0.39 is 124 Å². The molecule has 1 aliphatic carbocycles. The van der Waals surface area contributed by atoms with Gasteiger partial charge in [-0.25, -0.2) is 0 Å². The highest BCUT2D eigenvalue weighted by Crippen LogP contribution is 2.62. The molecule has 2 aliphatic rings. The highest BCUT2D eigenvalue weighted by atomic mass is 16.5. The van der Waals surface area contributed by atoms with Crippen LogP contribution in [-0.2, 0) is 5.41 Å². The van der Waals surface area contributed by atoms with Crippen LogP contribution < -0.4 is 4.74 Å². The van der Waals surface area contributed by atoms with Gasteiger partial charge in [-0.1, -0.05) is 139 Å². The van der Waals surface area contributed by atoms with Crippen LogP contribution in [-0.4, -0.2) is 4.57 Å². The highest BCUT2D eigenvalue weighted by molar-refractivity contribution is 6.19. The van der Waals surface area contributed by atoms with Gasteiger partial charge in [0.1, 0.15) is 11.5 Å². The molecule has 2 heteroatoms. The summed E-state index contributed by atoms with van der Waals surface area (Å²) < 4.78 is 146. The number of aromatic nitrogens is 1. The van der Waals surface area contributed by atoms with Crippen molar-refractivity contribution >= 4 is 32.6 Å². The molecule has 0 bridgehead atoms. The molecule has 0 unspecified atom stereocenters. The van der Waals surface area contributed by atoms with E-state index in [9.17, 15) is 11.0 Å². The van der Waals surface area contributed by atoms with Crippen LogP contribution in [0.2, 0.25) is 0 Å². The predicted molar refractivity (Wildman–Crippen MR) is 201 cm³/mol. The number of fused-ring (bicyclic) bond motifs is 14. The number of nitrogens with zero attached hydrogens (tertiary/aromatic N) is 1. The van der Waals surface area contributed by atoms with Gasteiger partial charge in [-0.05, 0) is 75.1 Å². The number of para-hydroxylation sites is 2. The maximum absolute atomic E-state index is 10.2. The number of benzene rings is 8. The quantitative estimate of drug-likeness (QED) is 0.184. The molecule has 0 saturated heterocycles. The number of rotatable bonds is 2. The van der Waals surface area contributed by atoms with Crippen molar-refractivity contribution in [1.82, 2.24) is 4.57 Å². The van der Waals surface area contributed by atoms with E-state index in [4.69, 9.17) is 14.3 Å². The van der Waals surface area contributed by atoms with Gasteiger partial charge < -0.3 is 9.30 Å². The molecular formula is C47H29NO. The van der Waals surface area contributed by atoms with Crippen LogP contribution in [0.15, 0.2) is 176 Å². The number of hydrogen-bond acceptors (Lipinski definition) is 1. The Balaban J connectivity index is 1.35. The van der Waals surface area contributed by atoms with Crippen LogP contribution in [0.1, 0.15) is 42.8 Å². The fourth-order valence-electron chi connectivity index (χ4n) is 7.71. The van der Waals surface area contributed by atoms with Crippen molar-refractivity contribution in [2.75, 3.05) is 0 Å². The minimum Gasteiger partial charge on any atom is -0.457 e. The maximum Gasteiger partial charge on any atom is 0.132 e. The second-order valence-electron chi connectivity index (χ2n) is 12.1. The Labute approximate surface area is 305 Å². The molecule has 1 aromatic heterocycles. The fraction of sp³-hybridized carbons (Fsp3) is 0.0213. The van der Waals surface area contributed by atoms with Gasteiger partial charge in [-0.3, -0.25) is 0 Å². The van der Waals surface area contributed by atoms with E-state index in [1.165, 1.54) is 0 Å². The molecule has 0 radical (unpaired) electrons. The van der Waals surface area contributed by atoms with Crippen LogP contribution in [0.4, 0.5) is 0 Å². The van der Waals surface area contributed by atoms with Crippen molar-refractivity contribution in [1.29, 1.82) is 0 Å². The van der Waals surface area contributed by atoms with Gasteiger partial charge in [0.05, 0.1) is 37.0 Å². The summed E-state index contributed by atoms with van der Waals surface area (Å²) in [5, 5.41) is 3.74. The van der Waals surface area contributed by atoms with Crippen LogP contribution >= 0.6 is 0 Å². The van der Waals surface area contributed by atoms with Crippen molar-refractivity contribution < 1.29 is 25.3 Å². The van der Waals surface area contributed by atoms with Crippen molar-refractivity contribution in [3.8, 4) is 39.4 Å². The molecule has 2 heterocycles. The summed E-state index contributed by atoms with van der Waals surface area (Å²) >= 11 is 0. The first-order chi connectivity index (χ1) is 30.5. The Morgan fingerprint density at radius 2 is 1.18 bits per heavy atom. The summed E-state index contributed by atoms with van der Waals surface area (Å²) in [5.74, 6) is -1.13. The molecule has 0 amide bonds. The van der Waals surface area contributed by atoms with Gasteiger partial charge in [0, 0.05) is 33.0 Å². The van der Waals surface area contributed by atoms with E-state index in [2.05, 4.69) is 4.57 Å². The molecule has 0 N–H and O–H groups in total. The first-order valence-electron chi connectivity index (χ1n) is 23.2. The van der Waals surface area contributed by atoms with E-state index in [-0.39, 0.29) is 27.8 Å². The first kappa shape index (κ1) is 16.1. The zero-order valence-electron chi connectivity index (χ0n) is 40.4. The SMILES string of the molecule is [2H]c1c([2H])c([2H])c2c(c1[2H])Oc1c([2H])c([2H])c(-c3ccc4c5ccc6ccccc6c5n(-c5ccccc5)c4c3)c([2H])c1C21c2c([2H])c([2H])c([2H])c([2H])c2-c2c([2H])c([2H])c([2H])c([2H])c21. The Morgan fingerprint density at radius 1 is 0.510 bits per heavy atom. The molecule has 0 saturated carbocycles. The summed E-state index contributed by atoms with van der Waals surface area (Å²) in [6.45, 7) is 0. The van der Waals surface area contributed by atoms with E-state index in [0.29, 0.717) is 5.52 Å². The third-order valence-electron chi connectivity index (χ3n) is 9.72. The third kappa shape index (κ3) is 3.50. The maximum atomic E-state index is 10.2. The average Bonchev–Trinajstić information content (AvgIpc) is 3.80. The second kappa shape index (κ2) is 9.82. The molecular weight excluding hydrogens is 595 g/mol. The topological polar surface area (TPSA) is 14.2 Å². The van der Waals surface area contributed by atoms with Crippen LogP contribution in [0.5, 0.6) is 11.5 Å². The van der Waals surface area contributed by atoms with Gasteiger partial charge in [0.25, 0.3) is 0 Å².